The lowest BCUT2D eigenvalue weighted by atomic mass is 9.62. The van der Waals surface area contributed by atoms with Crippen LogP contribution >= 0.6 is 0 Å². The molecule has 0 fully saturated rings. The van der Waals surface area contributed by atoms with Gasteiger partial charge in [-0.15, -0.1) is 0 Å². The molecule has 0 N–H and O–H groups in total. The predicted octanol–water partition coefficient (Wildman–Crippen LogP) is 9.75. The van der Waals surface area contributed by atoms with Gasteiger partial charge in [0.2, 0.25) is 0 Å². The monoisotopic (exact) mass is 499 g/mol. The Morgan fingerprint density at radius 3 is 1.59 bits per heavy atom. The molecule has 6 aromatic carbocycles. The topological polar surface area (TPSA) is 16.4 Å². The zero-order valence-electron chi connectivity index (χ0n) is 21.3. The van der Waals surface area contributed by atoms with Crippen molar-refractivity contribution in [3.05, 3.63) is 174 Å². The summed E-state index contributed by atoms with van der Waals surface area (Å²) in [6.07, 6.45) is 0. The van der Waals surface area contributed by atoms with Crippen molar-refractivity contribution in [2.24, 2.45) is 0 Å². The van der Waals surface area contributed by atoms with E-state index >= 15 is 0 Å². The van der Waals surface area contributed by atoms with Crippen molar-refractivity contribution in [2.45, 2.75) is 5.41 Å². The van der Waals surface area contributed by atoms with Crippen molar-refractivity contribution < 1.29 is 4.42 Å². The number of benzene rings is 6. The SMILES string of the molecule is c1ccc(C2(c3ccccc3)c3ccccc3N(c3ccc4oc5ccccc5c4c3)c3ccccc32)cc1. The van der Waals surface area contributed by atoms with Crippen molar-refractivity contribution >= 4 is 39.0 Å². The summed E-state index contributed by atoms with van der Waals surface area (Å²) in [7, 11) is 0. The molecule has 0 unspecified atom stereocenters. The van der Waals surface area contributed by atoms with Crippen molar-refractivity contribution in [3.8, 4) is 0 Å². The van der Waals surface area contributed by atoms with Gasteiger partial charge >= 0.3 is 0 Å². The summed E-state index contributed by atoms with van der Waals surface area (Å²) in [6, 6.07) is 54.4. The largest absolute Gasteiger partial charge is 0.456 e. The van der Waals surface area contributed by atoms with Gasteiger partial charge in [-0.25, -0.2) is 0 Å². The second-order valence-electron chi connectivity index (χ2n) is 10.1. The van der Waals surface area contributed by atoms with Crippen LogP contribution in [0.15, 0.2) is 156 Å². The zero-order chi connectivity index (χ0) is 25.8. The van der Waals surface area contributed by atoms with E-state index in [-0.39, 0.29) is 0 Å². The van der Waals surface area contributed by atoms with E-state index in [1.807, 2.05) is 12.1 Å². The first kappa shape index (κ1) is 22.0. The van der Waals surface area contributed by atoms with Gasteiger partial charge in [0.05, 0.1) is 16.8 Å². The Morgan fingerprint density at radius 2 is 0.949 bits per heavy atom. The van der Waals surface area contributed by atoms with Crippen molar-refractivity contribution in [1.82, 2.24) is 0 Å². The van der Waals surface area contributed by atoms with Gasteiger partial charge in [-0.1, -0.05) is 115 Å². The number of para-hydroxylation sites is 3. The van der Waals surface area contributed by atoms with Crippen LogP contribution < -0.4 is 4.90 Å². The lowest BCUT2D eigenvalue weighted by Crippen LogP contribution is -2.37. The maximum absolute atomic E-state index is 6.16. The van der Waals surface area contributed by atoms with Crippen LogP contribution in [0.5, 0.6) is 0 Å². The normalized spacial score (nSPS) is 13.8. The summed E-state index contributed by atoms with van der Waals surface area (Å²) in [6.45, 7) is 0. The lowest BCUT2D eigenvalue weighted by molar-refractivity contribution is 0.669. The van der Waals surface area contributed by atoms with Crippen LogP contribution in [0.4, 0.5) is 17.1 Å². The van der Waals surface area contributed by atoms with Crippen LogP contribution in [0.25, 0.3) is 21.9 Å². The highest BCUT2D eigenvalue weighted by atomic mass is 16.3. The first-order valence-electron chi connectivity index (χ1n) is 13.4. The Balaban J connectivity index is 1.47. The van der Waals surface area contributed by atoms with Crippen LogP contribution in [0.2, 0.25) is 0 Å². The molecule has 0 spiro atoms. The molecule has 1 aliphatic rings. The third kappa shape index (κ3) is 3.09. The number of hydrogen-bond donors (Lipinski definition) is 0. The van der Waals surface area contributed by atoms with E-state index in [1.165, 1.54) is 33.6 Å². The number of fused-ring (bicyclic) bond motifs is 5. The molecule has 0 amide bonds. The molecule has 184 valence electrons. The Kier molecular flexibility index (Phi) is 4.77. The Hall–Kier alpha value is -5.08. The second kappa shape index (κ2) is 8.47. The fraction of sp³-hybridized carbons (Fsp3) is 0.0270. The smallest absolute Gasteiger partial charge is 0.135 e. The minimum absolute atomic E-state index is 0.460. The zero-order valence-corrected chi connectivity index (χ0v) is 21.3. The summed E-state index contributed by atoms with van der Waals surface area (Å²) in [5, 5.41) is 2.26. The molecule has 0 atom stereocenters. The van der Waals surface area contributed by atoms with E-state index in [4.69, 9.17) is 4.42 Å². The maximum Gasteiger partial charge on any atom is 0.135 e. The number of anilines is 3. The fourth-order valence-corrected chi connectivity index (χ4v) is 6.54. The van der Waals surface area contributed by atoms with Gasteiger partial charge in [0.1, 0.15) is 11.2 Å². The van der Waals surface area contributed by atoms with E-state index in [9.17, 15) is 0 Å². The average Bonchev–Trinajstić information content (AvgIpc) is 3.39. The van der Waals surface area contributed by atoms with E-state index in [2.05, 4.69) is 144 Å². The molecule has 8 rings (SSSR count). The molecule has 2 heteroatoms. The lowest BCUT2D eigenvalue weighted by Gasteiger charge is -2.46. The third-order valence-corrected chi connectivity index (χ3v) is 8.13. The van der Waals surface area contributed by atoms with Gasteiger partial charge in [0, 0.05) is 16.5 Å². The van der Waals surface area contributed by atoms with Crippen LogP contribution in [-0.4, -0.2) is 0 Å². The van der Waals surface area contributed by atoms with Crippen molar-refractivity contribution in [2.75, 3.05) is 4.90 Å². The van der Waals surface area contributed by atoms with Crippen molar-refractivity contribution in [1.29, 1.82) is 0 Å². The highest BCUT2D eigenvalue weighted by Crippen LogP contribution is 2.57. The quantitative estimate of drug-likeness (QED) is 0.240. The maximum atomic E-state index is 6.16. The molecule has 1 aromatic heterocycles. The van der Waals surface area contributed by atoms with Gasteiger partial charge in [-0.2, -0.15) is 0 Å². The molecule has 2 heterocycles. The highest BCUT2D eigenvalue weighted by Gasteiger charge is 2.46. The number of nitrogens with zero attached hydrogens (tertiary/aromatic N) is 1. The standard InChI is InChI=1S/C37H25NO/c1-3-13-26(14-4-1)37(27-15-5-2-6-16-27)31-18-8-10-20-33(31)38(34-21-11-9-19-32(34)37)28-23-24-36-30(25-28)29-17-7-12-22-35(29)39-36/h1-25H. The molecule has 0 bridgehead atoms. The van der Waals surface area contributed by atoms with E-state index in [0.717, 1.165) is 27.6 Å². The molecular weight excluding hydrogens is 474 g/mol. The fourth-order valence-electron chi connectivity index (χ4n) is 6.54. The minimum Gasteiger partial charge on any atom is -0.456 e. The molecule has 1 aliphatic heterocycles. The molecule has 0 saturated carbocycles. The number of furan rings is 1. The van der Waals surface area contributed by atoms with Gasteiger partial charge in [0.15, 0.2) is 0 Å². The molecule has 0 aliphatic carbocycles. The number of rotatable bonds is 3. The van der Waals surface area contributed by atoms with Crippen LogP contribution in [-0.2, 0) is 5.41 Å². The van der Waals surface area contributed by atoms with E-state index < -0.39 is 5.41 Å². The molecule has 0 saturated heterocycles. The molecular formula is C37H25NO. The number of hydrogen-bond acceptors (Lipinski definition) is 2. The average molecular weight is 500 g/mol. The summed E-state index contributed by atoms with van der Waals surface area (Å²) < 4.78 is 6.16. The van der Waals surface area contributed by atoms with Crippen molar-refractivity contribution in [3.63, 3.8) is 0 Å². The summed E-state index contributed by atoms with van der Waals surface area (Å²) in [4.78, 5) is 2.41. The van der Waals surface area contributed by atoms with Crippen LogP contribution in [0.3, 0.4) is 0 Å². The summed E-state index contributed by atoms with van der Waals surface area (Å²) >= 11 is 0. The van der Waals surface area contributed by atoms with E-state index in [0.29, 0.717) is 0 Å². The first-order valence-corrected chi connectivity index (χ1v) is 13.4. The van der Waals surface area contributed by atoms with Gasteiger partial charge in [0.25, 0.3) is 0 Å². The summed E-state index contributed by atoms with van der Waals surface area (Å²) in [5.74, 6) is 0. The Labute approximate surface area is 227 Å². The Bertz CT molecular complexity index is 1880. The summed E-state index contributed by atoms with van der Waals surface area (Å²) in [5.41, 5.74) is 9.86. The van der Waals surface area contributed by atoms with Crippen LogP contribution in [0, 0.1) is 0 Å². The molecule has 39 heavy (non-hydrogen) atoms. The predicted molar refractivity (Wildman–Crippen MR) is 160 cm³/mol. The van der Waals surface area contributed by atoms with Gasteiger partial charge in [-0.05, 0) is 58.7 Å². The molecule has 7 aromatic rings. The highest BCUT2D eigenvalue weighted by molar-refractivity contribution is 6.07. The Morgan fingerprint density at radius 1 is 0.436 bits per heavy atom. The van der Waals surface area contributed by atoms with Crippen LogP contribution in [0.1, 0.15) is 22.3 Å². The third-order valence-electron chi connectivity index (χ3n) is 8.13. The molecule has 0 radical (unpaired) electrons. The van der Waals surface area contributed by atoms with E-state index in [1.54, 1.807) is 0 Å². The van der Waals surface area contributed by atoms with Gasteiger partial charge in [-0.3, -0.25) is 0 Å². The first-order chi connectivity index (χ1) is 19.4. The minimum atomic E-state index is -0.460. The second-order valence-corrected chi connectivity index (χ2v) is 10.1. The molecule has 2 nitrogen and oxygen atoms in total. The van der Waals surface area contributed by atoms with Gasteiger partial charge < -0.3 is 9.32 Å².